The minimum absolute atomic E-state index is 0.0214. The Kier molecular flexibility index (Phi) is 4.79. The van der Waals surface area contributed by atoms with Crippen LogP contribution in [0.4, 0.5) is 5.69 Å². The van der Waals surface area contributed by atoms with Crippen molar-refractivity contribution in [3.8, 4) is 11.4 Å². The molecule has 4 aromatic rings. The number of thioether (sulfide) groups is 1. The van der Waals surface area contributed by atoms with Gasteiger partial charge in [0.2, 0.25) is 11.7 Å². The van der Waals surface area contributed by atoms with Gasteiger partial charge in [0, 0.05) is 23.6 Å². The number of nitro groups is 1. The third-order valence-electron chi connectivity index (χ3n) is 4.69. The number of aromatic nitrogens is 5. The number of non-ortho nitro benzene ring substituents is 1. The van der Waals surface area contributed by atoms with Crippen LogP contribution in [0.15, 0.2) is 56.8 Å². The molecule has 0 N–H and O–H groups in total. The fourth-order valence-electron chi connectivity index (χ4n) is 3.07. The second kappa shape index (κ2) is 7.75. The zero-order chi connectivity index (χ0) is 20.5. The molecule has 10 nitrogen and oxygen atoms in total. The summed E-state index contributed by atoms with van der Waals surface area (Å²) < 4.78 is 12.9. The van der Waals surface area contributed by atoms with E-state index in [1.807, 2.05) is 12.1 Å². The Morgan fingerprint density at radius 2 is 2.13 bits per heavy atom. The first kappa shape index (κ1) is 18.6. The van der Waals surface area contributed by atoms with Crippen LogP contribution in [0.2, 0.25) is 0 Å². The van der Waals surface area contributed by atoms with Crippen molar-refractivity contribution in [2.45, 2.75) is 36.2 Å². The summed E-state index contributed by atoms with van der Waals surface area (Å²) in [6.07, 6.45) is 3.89. The van der Waals surface area contributed by atoms with Gasteiger partial charge >= 0.3 is 0 Å². The van der Waals surface area contributed by atoms with E-state index >= 15 is 0 Å². The summed E-state index contributed by atoms with van der Waals surface area (Å²) in [4.78, 5) is 14.9. The molecule has 0 bridgehead atoms. The van der Waals surface area contributed by atoms with Crippen LogP contribution >= 0.6 is 11.8 Å². The molecule has 0 unspecified atom stereocenters. The summed E-state index contributed by atoms with van der Waals surface area (Å²) in [7, 11) is 0. The molecule has 1 aliphatic carbocycles. The van der Waals surface area contributed by atoms with Crippen LogP contribution in [-0.2, 0) is 12.3 Å². The van der Waals surface area contributed by atoms with Gasteiger partial charge in [0.15, 0.2) is 5.16 Å². The molecule has 0 saturated heterocycles. The van der Waals surface area contributed by atoms with Crippen LogP contribution < -0.4 is 0 Å². The molecule has 1 aromatic carbocycles. The zero-order valence-corrected chi connectivity index (χ0v) is 16.5. The lowest BCUT2D eigenvalue weighted by molar-refractivity contribution is -0.384. The topological polar surface area (TPSA) is 126 Å². The fraction of sp³-hybridized carbons (Fsp3) is 0.263. The molecule has 1 aliphatic rings. The third-order valence-corrected chi connectivity index (χ3v) is 5.64. The first-order chi connectivity index (χ1) is 14.7. The quantitative estimate of drug-likeness (QED) is 0.234. The van der Waals surface area contributed by atoms with Crippen molar-refractivity contribution in [2.75, 3.05) is 0 Å². The van der Waals surface area contributed by atoms with Gasteiger partial charge in [-0.25, -0.2) is 0 Å². The second-order valence-electron chi connectivity index (χ2n) is 6.89. The molecule has 3 aromatic heterocycles. The van der Waals surface area contributed by atoms with Crippen molar-refractivity contribution in [1.82, 2.24) is 24.9 Å². The van der Waals surface area contributed by atoms with E-state index in [9.17, 15) is 10.1 Å². The highest BCUT2D eigenvalue weighted by Gasteiger charge is 2.30. The lowest BCUT2D eigenvalue weighted by Crippen LogP contribution is -2.05. The van der Waals surface area contributed by atoms with E-state index in [2.05, 4.69) is 24.9 Å². The summed E-state index contributed by atoms with van der Waals surface area (Å²) in [6, 6.07) is 9.92. The van der Waals surface area contributed by atoms with Crippen molar-refractivity contribution in [1.29, 1.82) is 0 Å². The molecule has 3 heterocycles. The van der Waals surface area contributed by atoms with E-state index in [1.165, 1.54) is 23.9 Å². The van der Waals surface area contributed by atoms with E-state index < -0.39 is 4.92 Å². The SMILES string of the molecule is O=[N+]([O-])c1cccc(-c2noc(CSc3nnc(C4CC4)n3Cc3ccco3)n2)c1. The van der Waals surface area contributed by atoms with Gasteiger partial charge in [-0.05, 0) is 25.0 Å². The van der Waals surface area contributed by atoms with Crippen LogP contribution in [0.5, 0.6) is 0 Å². The highest BCUT2D eigenvalue weighted by molar-refractivity contribution is 7.98. The molecule has 152 valence electrons. The molecule has 5 rings (SSSR count). The van der Waals surface area contributed by atoms with Crippen LogP contribution in [0, 0.1) is 10.1 Å². The average Bonchev–Trinajstić information content (AvgIpc) is 3.15. The Morgan fingerprint density at radius 3 is 2.90 bits per heavy atom. The second-order valence-corrected chi connectivity index (χ2v) is 7.83. The minimum atomic E-state index is -0.455. The molecule has 0 atom stereocenters. The van der Waals surface area contributed by atoms with Crippen molar-refractivity contribution in [3.63, 3.8) is 0 Å². The number of nitrogens with zero attached hydrogens (tertiary/aromatic N) is 6. The van der Waals surface area contributed by atoms with Crippen LogP contribution in [0.1, 0.15) is 36.2 Å². The molecule has 1 fully saturated rings. The number of hydrogen-bond donors (Lipinski definition) is 0. The standard InChI is InChI=1S/C19H16N6O4S/c26-25(27)14-4-1-3-13(9-14)17-20-16(29-23-17)11-30-19-22-21-18(12-6-7-12)24(19)10-15-5-2-8-28-15/h1-5,8-9,12H,6-7,10-11H2. The van der Waals surface area contributed by atoms with Crippen LogP contribution in [0.25, 0.3) is 11.4 Å². The maximum absolute atomic E-state index is 11.0. The van der Waals surface area contributed by atoms with E-state index in [0.29, 0.717) is 35.5 Å². The van der Waals surface area contributed by atoms with Crippen molar-refractivity contribution >= 4 is 17.4 Å². The maximum atomic E-state index is 11.0. The number of benzene rings is 1. The van der Waals surface area contributed by atoms with E-state index in [-0.39, 0.29) is 5.69 Å². The van der Waals surface area contributed by atoms with Gasteiger partial charge < -0.3 is 8.94 Å². The number of hydrogen-bond acceptors (Lipinski definition) is 9. The van der Waals surface area contributed by atoms with Crippen LogP contribution in [0.3, 0.4) is 0 Å². The first-order valence-corrected chi connectivity index (χ1v) is 10.3. The summed E-state index contributed by atoms with van der Waals surface area (Å²) in [5.41, 5.74) is 0.507. The normalized spacial score (nSPS) is 13.6. The van der Waals surface area contributed by atoms with Gasteiger partial charge in [-0.1, -0.05) is 29.1 Å². The Balaban J connectivity index is 1.32. The van der Waals surface area contributed by atoms with Crippen LogP contribution in [-0.4, -0.2) is 29.8 Å². The molecule has 11 heteroatoms. The highest BCUT2D eigenvalue weighted by Crippen LogP contribution is 2.40. The highest BCUT2D eigenvalue weighted by atomic mass is 32.2. The predicted octanol–water partition coefficient (Wildman–Crippen LogP) is 4.05. The maximum Gasteiger partial charge on any atom is 0.270 e. The van der Waals surface area contributed by atoms with Crippen molar-refractivity contribution in [2.24, 2.45) is 0 Å². The molecule has 1 saturated carbocycles. The van der Waals surface area contributed by atoms with E-state index in [0.717, 1.165) is 29.6 Å². The van der Waals surface area contributed by atoms with Gasteiger partial charge in [-0.15, -0.1) is 10.2 Å². The molecule has 0 spiro atoms. The predicted molar refractivity (Wildman–Crippen MR) is 106 cm³/mol. The molecule has 0 radical (unpaired) electrons. The van der Waals surface area contributed by atoms with Crippen molar-refractivity contribution in [3.05, 3.63) is 70.3 Å². The first-order valence-electron chi connectivity index (χ1n) is 9.33. The van der Waals surface area contributed by atoms with Gasteiger partial charge in [0.25, 0.3) is 5.69 Å². The summed E-state index contributed by atoms with van der Waals surface area (Å²) in [6.45, 7) is 0.566. The molecule has 0 aliphatic heterocycles. The fourth-order valence-corrected chi connectivity index (χ4v) is 3.86. The number of furan rings is 1. The average molecular weight is 424 g/mol. The lowest BCUT2D eigenvalue weighted by Gasteiger charge is -2.07. The van der Waals surface area contributed by atoms with Gasteiger partial charge in [-0.2, -0.15) is 4.98 Å². The monoisotopic (exact) mass is 424 g/mol. The third kappa shape index (κ3) is 3.83. The Bertz CT molecular complexity index is 1180. The Hall–Kier alpha value is -3.47. The minimum Gasteiger partial charge on any atom is -0.467 e. The lowest BCUT2D eigenvalue weighted by atomic mass is 10.2. The number of rotatable bonds is 8. The largest absolute Gasteiger partial charge is 0.467 e. The molecular formula is C19H16N6O4S. The summed E-state index contributed by atoms with van der Waals surface area (Å²) in [5.74, 6) is 3.38. The smallest absolute Gasteiger partial charge is 0.270 e. The van der Waals surface area contributed by atoms with Gasteiger partial charge in [-0.3, -0.25) is 14.7 Å². The molecular weight excluding hydrogens is 408 g/mol. The van der Waals surface area contributed by atoms with Gasteiger partial charge in [0.1, 0.15) is 11.6 Å². The van der Waals surface area contributed by atoms with Crippen molar-refractivity contribution < 1.29 is 13.9 Å². The number of nitro benzene ring substituents is 1. The van der Waals surface area contributed by atoms with E-state index in [1.54, 1.807) is 18.4 Å². The van der Waals surface area contributed by atoms with E-state index in [4.69, 9.17) is 8.94 Å². The Morgan fingerprint density at radius 1 is 1.23 bits per heavy atom. The zero-order valence-electron chi connectivity index (χ0n) is 15.7. The summed E-state index contributed by atoms with van der Waals surface area (Å²) in [5, 5.41) is 24.4. The molecule has 30 heavy (non-hydrogen) atoms. The Labute approximate surface area is 174 Å². The summed E-state index contributed by atoms with van der Waals surface area (Å²) >= 11 is 1.45. The van der Waals surface area contributed by atoms with Gasteiger partial charge in [0.05, 0.1) is 23.5 Å². The molecule has 0 amide bonds.